The third kappa shape index (κ3) is 6.19. The van der Waals surface area contributed by atoms with E-state index in [4.69, 9.17) is 0 Å². The summed E-state index contributed by atoms with van der Waals surface area (Å²) in [6, 6.07) is 4.12. The molecule has 1 N–H and O–H groups in total. The van der Waals surface area contributed by atoms with E-state index in [1.54, 1.807) is 6.07 Å². The molecule has 3 nitrogen and oxygen atoms in total. The first kappa shape index (κ1) is 18.8. The van der Waals surface area contributed by atoms with Gasteiger partial charge in [-0.15, -0.1) is 0 Å². The Hall–Kier alpha value is -1.49. The maximum atomic E-state index is 13.3. The maximum Gasteiger partial charge on any atom is 0.234 e. The zero-order valence-electron chi connectivity index (χ0n) is 14.9. The standard InChI is InChI=1S/C19H28F2N2O/c1-19(2,3)22-18(24)13-23-10-4-5-15(12-23)7-6-14-8-9-16(20)17(21)11-14/h8-9,11,15H,4-7,10,12-13H2,1-3H3,(H,22,24). The van der Waals surface area contributed by atoms with Crippen molar-refractivity contribution < 1.29 is 13.6 Å². The lowest BCUT2D eigenvalue weighted by Crippen LogP contribution is -2.48. The first-order chi connectivity index (χ1) is 11.2. The van der Waals surface area contributed by atoms with Crippen LogP contribution in [0.1, 0.15) is 45.6 Å². The molecule has 0 spiro atoms. The number of amides is 1. The van der Waals surface area contributed by atoms with Gasteiger partial charge in [0.1, 0.15) is 0 Å². The van der Waals surface area contributed by atoms with Crippen molar-refractivity contribution in [1.29, 1.82) is 0 Å². The Bertz CT molecular complexity index is 569. The van der Waals surface area contributed by atoms with Crippen LogP contribution in [0.2, 0.25) is 0 Å². The average Bonchev–Trinajstić information content (AvgIpc) is 2.47. The molecule has 1 aliphatic rings. The number of hydrogen-bond donors (Lipinski definition) is 1. The lowest BCUT2D eigenvalue weighted by molar-refractivity contribution is -0.124. The van der Waals surface area contributed by atoms with E-state index >= 15 is 0 Å². The average molecular weight is 338 g/mol. The van der Waals surface area contributed by atoms with Gasteiger partial charge in [0.15, 0.2) is 11.6 Å². The van der Waals surface area contributed by atoms with Gasteiger partial charge >= 0.3 is 0 Å². The highest BCUT2D eigenvalue weighted by Crippen LogP contribution is 2.22. The number of likely N-dealkylation sites (tertiary alicyclic amines) is 1. The normalized spacial score (nSPS) is 19.3. The van der Waals surface area contributed by atoms with E-state index in [9.17, 15) is 13.6 Å². The minimum absolute atomic E-state index is 0.0590. The van der Waals surface area contributed by atoms with Crippen LogP contribution in [0, 0.1) is 17.6 Å². The van der Waals surface area contributed by atoms with Gasteiger partial charge in [-0.2, -0.15) is 0 Å². The van der Waals surface area contributed by atoms with Crippen molar-refractivity contribution in [2.24, 2.45) is 5.92 Å². The summed E-state index contributed by atoms with van der Waals surface area (Å²) in [5, 5.41) is 2.99. The fraction of sp³-hybridized carbons (Fsp3) is 0.632. The molecule has 1 amide bonds. The van der Waals surface area contributed by atoms with E-state index in [1.165, 1.54) is 12.1 Å². The van der Waals surface area contributed by atoms with Gasteiger partial charge in [-0.3, -0.25) is 9.69 Å². The lowest BCUT2D eigenvalue weighted by Gasteiger charge is -2.33. The van der Waals surface area contributed by atoms with Crippen molar-refractivity contribution in [2.45, 2.75) is 52.0 Å². The van der Waals surface area contributed by atoms with Crippen LogP contribution in [0.5, 0.6) is 0 Å². The zero-order valence-corrected chi connectivity index (χ0v) is 14.9. The van der Waals surface area contributed by atoms with Crippen LogP contribution in [0.15, 0.2) is 18.2 Å². The molecule has 1 unspecified atom stereocenters. The van der Waals surface area contributed by atoms with Crippen LogP contribution in [-0.4, -0.2) is 36.0 Å². The quantitative estimate of drug-likeness (QED) is 0.891. The summed E-state index contributed by atoms with van der Waals surface area (Å²) in [7, 11) is 0. The second-order valence-corrected chi connectivity index (χ2v) is 7.83. The molecule has 0 aromatic heterocycles. The third-order valence-corrected chi connectivity index (χ3v) is 4.31. The molecule has 1 aromatic carbocycles. The number of piperidine rings is 1. The first-order valence-electron chi connectivity index (χ1n) is 8.70. The van der Waals surface area contributed by atoms with Crippen LogP contribution >= 0.6 is 0 Å². The monoisotopic (exact) mass is 338 g/mol. The Morgan fingerprint density at radius 3 is 2.71 bits per heavy atom. The number of carbonyl (C=O) groups excluding carboxylic acids is 1. The van der Waals surface area contributed by atoms with Gasteiger partial charge in [0, 0.05) is 12.1 Å². The van der Waals surface area contributed by atoms with Crippen LogP contribution in [0.4, 0.5) is 8.78 Å². The summed E-state index contributed by atoms with van der Waals surface area (Å²) in [6.07, 6.45) is 3.87. The molecular weight excluding hydrogens is 310 g/mol. The van der Waals surface area contributed by atoms with Crippen molar-refractivity contribution in [2.75, 3.05) is 19.6 Å². The minimum atomic E-state index is -0.799. The third-order valence-electron chi connectivity index (χ3n) is 4.31. The van der Waals surface area contributed by atoms with E-state index in [1.807, 2.05) is 20.8 Å². The summed E-state index contributed by atoms with van der Waals surface area (Å²) < 4.78 is 26.2. The van der Waals surface area contributed by atoms with Crippen LogP contribution in [0.25, 0.3) is 0 Å². The van der Waals surface area contributed by atoms with Crippen molar-refractivity contribution in [1.82, 2.24) is 10.2 Å². The molecule has 2 rings (SSSR count). The molecule has 0 bridgehead atoms. The molecule has 1 saturated heterocycles. The van der Waals surface area contributed by atoms with Crippen molar-refractivity contribution in [3.8, 4) is 0 Å². The summed E-state index contributed by atoms with van der Waals surface area (Å²) in [5.41, 5.74) is 0.621. The van der Waals surface area contributed by atoms with E-state index < -0.39 is 11.6 Å². The maximum absolute atomic E-state index is 13.3. The predicted octanol–water partition coefficient (Wildman–Crippen LogP) is 3.52. The molecule has 0 radical (unpaired) electrons. The molecule has 1 aliphatic heterocycles. The van der Waals surface area contributed by atoms with Gasteiger partial charge in [0.2, 0.25) is 5.91 Å². The molecule has 1 atom stereocenters. The predicted molar refractivity (Wildman–Crippen MR) is 91.7 cm³/mol. The molecule has 0 aliphatic carbocycles. The van der Waals surface area contributed by atoms with Crippen LogP contribution in [0.3, 0.4) is 0 Å². The number of hydrogen-bond acceptors (Lipinski definition) is 2. The molecule has 5 heteroatoms. The Morgan fingerprint density at radius 2 is 2.04 bits per heavy atom. The highest BCUT2D eigenvalue weighted by atomic mass is 19.2. The van der Waals surface area contributed by atoms with Crippen molar-refractivity contribution in [3.63, 3.8) is 0 Å². The van der Waals surface area contributed by atoms with Gasteiger partial charge in [-0.25, -0.2) is 8.78 Å². The summed E-state index contributed by atoms with van der Waals surface area (Å²) in [6.45, 7) is 8.20. The second kappa shape index (κ2) is 8.06. The SMILES string of the molecule is CC(C)(C)NC(=O)CN1CCCC(CCc2ccc(F)c(F)c2)C1. The Kier molecular flexibility index (Phi) is 6.33. The van der Waals surface area contributed by atoms with Crippen LogP contribution in [-0.2, 0) is 11.2 Å². The van der Waals surface area contributed by atoms with Crippen molar-refractivity contribution in [3.05, 3.63) is 35.4 Å². The van der Waals surface area contributed by atoms with Gasteiger partial charge in [-0.05, 0) is 76.6 Å². The number of nitrogens with one attached hydrogen (secondary N) is 1. The molecule has 134 valence electrons. The molecule has 0 saturated carbocycles. The van der Waals surface area contributed by atoms with E-state index in [0.717, 1.165) is 44.3 Å². The van der Waals surface area contributed by atoms with Crippen LogP contribution < -0.4 is 5.32 Å². The number of rotatable bonds is 5. The van der Waals surface area contributed by atoms with Crippen molar-refractivity contribution >= 4 is 5.91 Å². The zero-order chi connectivity index (χ0) is 17.7. The summed E-state index contributed by atoms with van der Waals surface area (Å²) in [4.78, 5) is 14.2. The molecular formula is C19H28F2N2O. The van der Waals surface area contributed by atoms with Gasteiger partial charge in [-0.1, -0.05) is 6.07 Å². The minimum Gasteiger partial charge on any atom is -0.350 e. The molecule has 24 heavy (non-hydrogen) atoms. The number of halogens is 2. The van der Waals surface area contributed by atoms with E-state index in [0.29, 0.717) is 12.5 Å². The smallest absolute Gasteiger partial charge is 0.234 e. The largest absolute Gasteiger partial charge is 0.350 e. The van der Waals surface area contributed by atoms with Gasteiger partial charge in [0.25, 0.3) is 0 Å². The Balaban J connectivity index is 1.80. The summed E-state index contributed by atoms with van der Waals surface area (Å²) >= 11 is 0. The summed E-state index contributed by atoms with van der Waals surface area (Å²) in [5.74, 6) is -1.03. The fourth-order valence-corrected chi connectivity index (χ4v) is 3.26. The lowest BCUT2D eigenvalue weighted by atomic mass is 9.91. The number of benzene rings is 1. The molecule has 1 heterocycles. The van der Waals surface area contributed by atoms with E-state index in [2.05, 4.69) is 10.2 Å². The number of carbonyl (C=O) groups is 1. The highest BCUT2D eigenvalue weighted by Gasteiger charge is 2.23. The second-order valence-electron chi connectivity index (χ2n) is 7.83. The van der Waals surface area contributed by atoms with Gasteiger partial charge in [0.05, 0.1) is 6.54 Å². The first-order valence-corrected chi connectivity index (χ1v) is 8.70. The fourth-order valence-electron chi connectivity index (χ4n) is 3.26. The topological polar surface area (TPSA) is 32.3 Å². The highest BCUT2D eigenvalue weighted by molar-refractivity contribution is 5.78. The number of aryl methyl sites for hydroxylation is 1. The molecule has 1 aromatic rings. The van der Waals surface area contributed by atoms with E-state index in [-0.39, 0.29) is 11.4 Å². The molecule has 1 fully saturated rings. The Morgan fingerprint density at radius 1 is 1.29 bits per heavy atom. The van der Waals surface area contributed by atoms with Gasteiger partial charge < -0.3 is 5.32 Å². The number of nitrogens with zero attached hydrogens (tertiary/aromatic N) is 1. The Labute approximate surface area is 143 Å².